The SMILES string of the molecule is N#C[C@H]1C(CSc2nnc(-c3ccc(OC(F)F)cc3)n2N)=CC(=O)n2c1nc1ccccc12. The van der Waals surface area contributed by atoms with Crippen LogP contribution in [-0.2, 0) is 0 Å². The van der Waals surface area contributed by atoms with Gasteiger partial charge in [0.2, 0.25) is 5.16 Å². The smallest absolute Gasteiger partial charge is 0.387 e. The van der Waals surface area contributed by atoms with Crippen LogP contribution >= 0.6 is 11.8 Å². The lowest BCUT2D eigenvalue weighted by Crippen LogP contribution is -2.22. The Morgan fingerprint density at radius 2 is 1.94 bits per heavy atom. The van der Waals surface area contributed by atoms with Gasteiger partial charge in [0.15, 0.2) is 5.82 Å². The Labute approximate surface area is 195 Å². The Bertz CT molecular complexity index is 1470. The van der Waals surface area contributed by atoms with Crippen LogP contribution in [0.3, 0.4) is 0 Å². The highest BCUT2D eigenvalue weighted by Gasteiger charge is 2.31. The Morgan fingerprint density at radius 3 is 2.68 bits per heavy atom. The number of rotatable bonds is 6. The molecule has 3 heterocycles. The Kier molecular flexibility index (Phi) is 5.46. The number of hydrogen-bond acceptors (Lipinski definition) is 8. The van der Waals surface area contributed by atoms with Crippen molar-refractivity contribution in [3.05, 3.63) is 66.0 Å². The quantitative estimate of drug-likeness (QED) is 0.329. The van der Waals surface area contributed by atoms with E-state index >= 15 is 0 Å². The molecular weight excluding hydrogens is 464 g/mol. The predicted octanol–water partition coefficient (Wildman–Crippen LogP) is 3.59. The molecule has 34 heavy (non-hydrogen) atoms. The summed E-state index contributed by atoms with van der Waals surface area (Å²) in [6, 6.07) is 15.3. The van der Waals surface area contributed by atoms with Gasteiger partial charge in [0, 0.05) is 17.4 Å². The molecule has 0 radical (unpaired) electrons. The van der Waals surface area contributed by atoms with Gasteiger partial charge < -0.3 is 10.6 Å². The molecule has 2 aromatic carbocycles. The average Bonchev–Trinajstić information content (AvgIpc) is 3.39. The van der Waals surface area contributed by atoms with Crippen LogP contribution < -0.4 is 10.6 Å². The van der Waals surface area contributed by atoms with Crippen LogP contribution in [0, 0.1) is 11.3 Å². The number of nitrogen functional groups attached to an aromatic ring is 1. The van der Waals surface area contributed by atoms with Crippen LogP contribution in [-0.4, -0.2) is 42.7 Å². The van der Waals surface area contributed by atoms with Crippen LogP contribution in [0.4, 0.5) is 8.78 Å². The van der Waals surface area contributed by atoms with E-state index in [1.807, 2.05) is 12.1 Å². The van der Waals surface area contributed by atoms with Crippen LogP contribution in [0.15, 0.2) is 65.3 Å². The summed E-state index contributed by atoms with van der Waals surface area (Å²) in [5.74, 6) is 6.15. The summed E-state index contributed by atoms with van der Waals surface area (Å²) in [5, 5.41) is 18.3. The first kappa shape index (κ1) is 21.6. The van der Waals surface area contributed by atoms with Crippen molar-refractivity contribution in [1.29, 1.82) is 5.26 Å². The summed E-state index contributed by atoms with van der Waals surface area (Å²) in [5.41, 5.74) is 2.43. The summed E-state index contributed by atoms with van der Waals surface area (Å²) in [6.45, 7) is -2.92. The molecule has 1 aliphatic rings. The van der Waals surface area contributed by atoms with Gasteiger partial charge in [-0.15, -0.1) is 10.2 Å². The number of carbonyl (C=O) groups is 1. The maximum Gasteiger partial charge on any atom is 0.387 e. The third-order valence-corrected chi connectivity index (χ3v) is 6.26. The fourth-order valence-electron chi connectivity index (χ4n) is 3.71. The van der Waals surface area contributed by atoms with E-state index in [9.17, 15) is 18.8 Å². The predicted molar refractivity (Wildman–Crippen MR) is 120 cm³/mol. The first-order valence-corrected chi connectivity index (χ1v) is 10.9. The first-order valence-electron chi connectivity index (χ1n) is 9.96. The van der Waals surface area contributed by atoms with E-state index in [2.05, 4.69) is 26.0 Å². The van der Waals surface area contributed by atoms with Crippen molar-refractivity contribution < 1.29 is 18.3 Å². The van der Waals surface area contributed by atoms with Gasteiger partial charge >= 0.3 is 6.61 Å². The van der Waals surface area contributed by atoms with Crippen LogP contribution in [0.5, 0.6) is 5.75 Å². The molecule has 0 aliphatic carbocycles. The van der Waals surface area contributed by atoms with Gasteiger partial charge in [-0.2, -0.15) is 14.0 Å². The van der Waals surface area contributed by atoms with Crippen molar-refractivity contribution in [2.24, 2.45) is 0 Å². The van der Waals surface area contributed by atoms with Crippen LogP contribution in [0.1, 0.15) is 16.5 Å². The van der Waals surface area contributed by atoms with Crippen LogP contribution in [0.25, 0.3) is 22.4 Å². The average molecular weight is 479 g/mol. The van der Waals surface area contributed by atoms with E-state index in [-0.39, 0.29) is 17.4 Å². The fourth-order valence-corrected chi connectivity index (χ4v) is 4.58. The second-order valence-corrected chi connectivity index (χ2v) is 8.22. The van der Waals surface area contributed by atoms with Gasteiger partial charge in [-0.05, 0) is 42.0 Å². The van der Waals surface area contributed by atoms with E-state index in [0.29, 0.717) is 39.0 Å². The second-order valence-electron chi connectivity index (χ2n) is 7.28. The second kappa shape index (κ2) is 8.60. The number of para-hydroxylation sites is 2. The number of hydrogen-bond donors (Lipinski definition) is 1. The number of aromatic nitrogens is 5. The molecule has 170 valence electrons. The van der Waals surface area contributed by atoms with Crippen molar-refractivity contribution in [3.8, 4) is 23.2 Å². The van der Waals surface area contributed by atoms with E-state index in [0.717, 1.165) is 0 Å². The Hall–Kier alpha value is -4.24. The zero-order valence-electron chi connectivity index (χ0n) is 17.3. The number of alkyl halides is 2. The molecule has 5 rings (SSSR count). The van der Waals surface area contributed by atoms with Crippen molar-refractivity contribution in [1.82, 2.24) is 24.4 Å². The number of ether oxygens (including phenoxy) is 1. The standard InChI is InChI=1S/C22H15F2N7O2S/c23-21(24)33-14-7-5-12(6-8-14)19-28-29-22(31(19)26)34-11-13-9-18(32)30-17-4-2-1-3-16(17)27-20(30)15(13)10-25/h1-9,15,21H,11,26H2/t15-/m0/s1. The minimum absolute atomic E-state index is 0.0129. The van der Waals surface area contributed by atoms with Gasteiger partial charge in [0.25, 0.3) is 5.91 Å². The summed E-state index contributed by atoms with van der Waals surface area (Å²) in [4.78, 5) is 17.3. The van der Waals surface area contributed by atoms with Crippen molar-refractivity contribution in [2.45, 2.75) is 17.7 Å². The molecule has 2 aromatic heterocycles. The van der Waals surface area contributed by atoms with Crippen molar-refractivity contribution in [3.63, 3.8) is 0 Å². The molecule has 0 bridgehead atoms. The molecule has 9 nitrogen and oxygen atoms in total. The molecule has 2 N–H and O–H groups in total. The van der Waals surface area contributed by atoms with Gasteiger partial charge in [-0.1, -0.05) is 23.9 Å². The third-order valence-electron chi connectivity index (χ3n) is 5.24. The highest BCUT2D eigenvalue weighted by Crippen LogP contribution is 2.34. The zero-order valence-corrected chi connectivity index (χ0v) is 18.1. The number of imidazole rings is 1. The maximum absolute atomic E-state index is 12.8. The van der Waals surface area contributed by atoms with Crippen molar-refractivity contribution >= 4 is 28.7 Å². The summed E-state index contributed by atoms with van der Waals surface area (Å²) in [6.07, 6.45) is 1.45. The highest BCUT2D eigenvalue weighted by molar-refractivity contribution is 7.99. The highest BCUT2D eigenvalue weighted by atomic mass is 32.2. The lowest BCUT2D eigenvalue weighted by atomic mass is 9.98. The Balaban J connectivity index is 1.36. The Morgan fingerprint density at radius 1 is 1.18 bits per heavy atom. The molecule has 0 amide bonds. The van der Waals surface area contributed by atoms with Gasteiger partial charge in [0.05, 0.1) is 17.1 Å². The molecule has 12 heteroatoms. The third kappa shape index (κ3) is 3.75. The maximum atomic E-state index is 12.8. The number of carbonyl (C=O) groups excluding carboxylic acids is 1. The molecule has 0 unspecified atom stereocenters. The largest absolute Gasteiger partial charge is 0.435 e. The van der Waals surface area contributed by atoms with Gasteiger partial charge in [-0.25, -0.2) is 9.66 Å². The summed E-state index contributed by atoms with van der Waals surface area (Å²) >= 11 is 1.22. The van der Waals surface area contributed by atoms with Gasteiger partial charge in [-0.3, -0.25) is 9.36 Å². The number of thioether (sulfide) groups is 1. The lowest BCUT2D eigenvalue weighted by Gasteiger charge is -2.19. The molecule has 0 fully saturated rings. The number of halogens is 2. The monoisotopic (exact) mass is 479 g/mol. The molecule has 1 atom stereocenters. The fraction of sp³-hybridized carbons (Fsp3) is 0.136. The molecule has 4 aromatic rings. The number of nitriles is 1. The molecule has 1 aliphatic heterocycles. The first-order chi connectivity index (χ1) is 16.5. The van der Waals surface area contributed by atoms with Crippen molar-refractivity contribution in [2.75, 3.05) is 11.6 Å². The topological polar surface area (TPSA) is 125 Å². The molecular formula is C22H15F2N7O2S. The minimum atomic E-state index is -2.92. The molecule has 0 saturated carbocycles. The molecule has 0 spiro atoms. The van der Waals surface area contributed by atoms with Gasteiger partial charge in [0.1, 0.15) is 17.5 Å². The van der Waals surface area contributed by atoms with Crippen LogP contribution in [0.2, 0.25) is 0 Å². The number of nitrogens with zero attached hydrogens (tertiary/aromatic N) is 6. The van der Waals surface area contributed by atoms with E-state index in [4.69, 9.17) is 5.84 Å². The summed E-state index contributed by atoms with van der Waals surface area (Å²) < 4.78 is 31.7. The number of fused-ring (bicyclic) bond motifs is 3. The number of nitrogens with two attached hydrogens (primary N) is 1. The minimum Gasteiger partial charge on any atom is -0.435 e. The normalized spacial score (nSPS) is 15.3. The van der Waals surface area contributed by atoms with E-state index in [1.54, 1.807) is 12.1 Å². The zero-order chi connectivity index (χ0) is 23.8. The van der Waals surface area contributed by atoms with E-state index < -0.39 is 12.5 Å². The number of allylic oxidation sites excluding steroid dienone is 1. The summed E-state index contributed by atoms with van der Waals surface area (Å²) in [7, 11) is 0. The number of benzene rings is 2. The lowest BCUT2D eigenvalue weighted by molar-refractivity contribution is -0.0498. The van der Waals surface area contributed by atoms with E-state index in [1.165, 1.54) is 51.3 Å². The molecule has 0 saturated heterocycles.